The van der Waals surface area contributed by atoms with E-state index in [2.05, 4.69) is 0 Å². The van der Waals surface area contributed by atoms with Crippen molar-refractivity contribution in [3.63, 3.8) is 0 Å². The molecular formula is C10H11O3-. The second-order valence-corrected chi connectivity index (χ2v) is 2.85. The molecule has 70 valence electrons. The Morgan fingerprint density at radius 1 is 1.54 bits per heavy atom. The van der Waals surface area contributed by atoms with Crippen molar-refractivity contribution in [1.82, 2.24) is 0 Å². The van der Waals surface area contributed by atoms with E-state index in [-0.39, 0.29) is 6.42 Å². The lowest BCUT2D eigenvalue weighted by atomic mass is 10.1. The van der Waals surface area contributed by atoms with Crippen LogP contribution >= 0.6 is 0 Å². The Labute approximate surface area is 77.0 Å². The van der Waals surface area contributed by atoms with Crippen molar-refractivity contribution in [2.45, 2.75) is 13.3 Å². The summed E-state index contributed by atoms with van der Waals surface area (Å²) in [6, 6.07) is 5.30. The molecule has 1 aromatic rings. The Balaban J connectivity index is 2.92. The molecular weight excluding hydrogens is 168 g/mol. The van der Waals surface area contributed by atoms with Crippen molar-refractivity contribution in [1.29, 1.82) is 0 Å². The molecule has 0 aliphatic heterocycles. The molecule has 1 aromatic carbocycles. The molecule has 0 saturated carbocycles. The van der Waals surface area contributed by atoms with Gasteiger partial charge in [-0.05, 0) is 24.1 Å². The van der Waals surface area contributed by atoms with E-state index < -0.39 is 5.97 Å². The molecule has 3 nitrogen and oxygen atoms in total. The Morgan fingerprint density at radius 3 is 2.77 bits per heavy atom. The summed E-state index contributed by atoms with van der Waals surface area (Å²) in [4.78, 5) is 10.3. The number of carbonyl (C=O) groups is 1. The van der Waals surface area contributed by atoms with Crippen LogP contribution in [0.25, 0.3) is 0 Å². The van der Waals surface area contributed by atoms with Gasteiger partial charge in [-0.3, -0.25) is 0 Å². The minimum absolute atomic E-state index is 0.0728. The smallest absolute Gasteiger partial charge is 0.122 e. The molecule has 0 bridgehead atoms. The van der Waals surface area contributed by atoms with Crippen LogP contribution in [0.3, 0.4) is 0 Å². The first kappa shape index (κ1) is 9.58. The number of carboxylic acids is 1. The minimum Gasteiger partial charge on any atom is -0.550 e. The number of ether oxygens (including phenoxy) is 1. The molecule has 0 spiro atoms. The minimum atomic E-state index is -1.08. The molecule has 0 atom stereocenters. The number of methoxy groups -OCH3 is 1. The Bertz CT molecular complexity index is 318. The van der Waals surface area contributed by atoms with Gasteiger partial charge in [-0.25, -0.2) is 0 Å². The highest BCUT2D eigenvalue weighted by Crippen LogP contribution is 2.18. The van der Waals surface area contributed by atoms with Gasteiger partial charge in [0.1, 0.15) is 5.75 Å². The first-order valence-electron chi connectivity index (χ1n) is 3.97. The normalized spacial score (nSPS) is 9.69. The van der Waals surface area contributed by atoms with Crippen molar-refractivity contribution < 1.29 is 14.6 Å². The van der Waals surface area contributed by atoms with Crippen LogP contribution in [-0.2, 0) is 11.2 Å². The summed E-state index contributed by atoms with van der Waals surface area (Å²) in [5, 5.41) is 10.3. The molecule has 0 fully saturated rings. The van der Waals surface area contributed by atoms with Crippen LogP contribution in [-0.4, -0.2) is 13.1 Å². The van der Waals surface area contributed by atoms with Crippen LogP contribution < -0.4 is 9.84 Å². The third kappa shape index (κ3) is 2.47. The van der Waals surface area contributed by atoms with Crippen molar-refractivity contribution in [3.05, 3.63) is 29.3 Å². The largest absolute Gasteiger partial charge is 0.550 e. The van der Waals surface area contributed by atoms with Gasteiger partial charge in [0.25, 0.3) is 0 Å². The number of hydrogen-bond donors (Lipinski definition) is 0. The lowest BCUT2D eigenvalue weighted by Gasteiger charge is -2.07. The lowest BCUT2D eigenvalue weighted by Crippen LogP contribution is -2.24. The van der Waals surface area contributed by atoms with Crippen LogP contribution in [0.4, 0.5) is 0 Å². The molecule has 0 N–H and O–H groups in total. The molecule has 3 heteroatoms. The fourth-order valence-electron chi connectivity index (χ4n) is 1.14. The van der Waals surface area contributed by atoms with Gasteiger partial charge < -0.3 is 14.6 Å². The maximum Gasteiger partial charge on any atom is 0.122 e. The first-order valence-corrected chi connectivity index (χ1v) is 3.97. The second-order valence-electron chi connectivity index (χ2n) is 2.85. The van der Waals surface area contributed by atoms with E-state index in [9.17, 15) is 9.90 Å². The predicted molar refractivity (Wildman–Crippen MR) is 46.4 cm³/mol. The molecule has 0 unspecified atom stereocenters. The zero-order chi connectivity index (χ0) is 9.84. The van der Waals surface area contributed by atoms with Crippen molar-refractivity contribution in [3.8, 4) is 5.75 Å². The highest BCUT2D eigenvalue weighted by Gasteiger charge is 1.99. The maximum atomic E-state index is 10.3. The van der Waals surface area contributed by atoms with E-state index in [1.165, 1.54) is 0 Å². The Hall–Kier alpha value is -1.51. The summed E-state index contributed by atoms with van der Waals surface area (Å²) in [5.41, 5.74) is 1.69. The summed E-state index contributed by atoms with van der Waals surface area (Å²) < 4.78 is 5.05. The fraction of sp³-hybridized carbons (Fsp3) is 0.300. The zero-order valence-electron chi connectivity index (χ0n) is 7.66. The van der Waals surface area contributed by atoms with Crippen LogP contribution in [0.5, 0.6) is 5.75 Å². The third-order valence-corrected chi connectivity index (χ3v) is 1.82. The molecule has 0 aliphatic rings. The van der Waals surface area contributed by atoms with Crippen molar-refractivity contribution >= 4 is 5.97 Å². The second kappa shape index (κ2) is 3.94. The summed E-state index contributed by atoms with van der Waals surface area (Å²) in [6.45, 7) is 1.90. The van der Waals surface area contributed by atoms with Crippen LogP contribution in [0.1, 0.15) is 11.1 Å². The Morgan fingerprint density at radius 2 is 2.23 bits per heavy atom. The fourth-order valence-corrected chi connectivity index (χ4v) is 1.14. The van der Waals surface area contributed by atoms with E-state index >= 15 is 0 Å². The molecule has 0 heterocycles. The third-order valence-electron chi connectivity index (χ3n) is 1.82. The topological polar surface area (TPSA) is 49.4 Å². The molecule has 13 heavy (non-hydrogen) atoms. The van der Waals surface area contributed by atoms with Crippen LogP contribution in [0.15, 0.2) is 18.2 Å². The average molecular weight is 179 g/mol. The molecule has 0 saturated heterocycles. The van der Waals surface area contributed by atoms with Gasteiger partial charge in [0, 0.05) is 12.4 Å². The molecule has 0 radical (unpaired) electrons. The van der Waals surface area contributed by atoms with E-state index in [0.717, 1.165) is 5.56 Å². The number of carboxylic acid groups (broad SMARTS) is 1. The number of aryl methyl sites for hydroxylation is 1. The highest BCUT2D eigenvalue weighted by atomic mass is 16.5. The van der Waals surface area contributed by atoms with Gasteiger partial charge in [-0.15, -0.1) is 0 Å². The zero-order valence-corrected chi connectivity index (χ0v) is 7.66. The molecule has 0 aliphatic carbocycles. The summed E-state index contributed by atoms with van der Waals surface area (Å²) >= 11 is 0. The molecule has 0 aromatic heterocycles. The van der Waals surface area contributed by atoms with Crippen molar-refractivity contribution in [2.75, 3.05) is 7.11 Å². The van der Waals surface area contributed by atoms with E-state index in [1.807, 2.05) is 13.0 Å². The van der Waals surface area contributed by atoms with Gasteiger partial charge >= 0.3 is 0 Å². The Kier molecular flexibility index (Phi) is 2.90. The molecule has 0 amide bonds. The highest BCUT2D eigenvalue weighted by molar-refractivity contribution is 5.68. The summed E-state index contributed by atoms with van der Waals surface area (Å²) in [6.07, 6.45) is -0.0728. The van der Waals surface area contributed by atoms with Gasteiger partial charge in [0.05, 0.1) is 7.11 Å². The van der Waals surface area contributed by atoms with Gasteiger partial charge in [0.15, 0.2) is 0 Å². The van der Waals surface area contributed by atoms with Crippen LogP contribution in [0.2, 0.25) is 0 Å². The van der Waals surface area contributed by atoms with Gasteiger partial charge in [-0.2, -0.15) is 0 Å². The van der Waals surface area contributed by atoms with E-state index in [1.54, 1.807) is 19.2 Å². The van der Waals surface area contributed by atoms with Gasteiger partial charge in [-0.1, -0.05) is 12.1 Å². The van der Waals surface area contributed by atoms with Crippen molar-refractivity contribution in [2.24, 2.45) is 0 Å². The van der Waals surface area contributed by atoms with E-state index in [4.69, 9.17) is 4.74 Å². The monoisotopic (exact) mass is 179 g/mol. The van der Waals surface area contributed by atoms with Crippen LogP contribution in [0, 0.1) is 6.92 Å². The number of aliphatic carboxylic acids is 1. The lowest BCUT2D eigenvalue weighted by molar-refractivity contribution is -0.304. The average Bonchev–Trinajstić information content (AvgIpc) is 2.07. The summed E-state index contributed by atoms with van der Waals surface area (Å²) in [7, 11) is 1.56. The molecule has 1 rings (SSSR count). The standard InChI is InChI=1S/C10H12O3/c1-7-3-4-8(6-10(11)12)5-9(7)13-2/h3-5H,6H2,1-2H3,(H,11,12)/p-1. The van der Waals surface area contributed by atoms with Gasteiger partial charge in [0.2, 0.25) is 0 Å². The number of rotatable bonds is 3. The maximum absolute atomic E-state index is 10.3. The first-order chi connectivity index (χ1) is 6.13. The quantitative estimate of drug-likeness (QED) is 0.670. The van der Waals surface area contributed by atoms with E-state index in [0.29, 0.717) is 11.3 Å². The number of benzene rings is 1. The number of carbonyl (C=O) groups excluding carboxylic acids is 1. The SMILES string of the molecule is COc1cc(CC(=O)[O-])ccc1C. The summed E-state index contributed by atoms with van der Waals surface area (Å²) in [5.74, 6) is -0.371. The number of hydrogen-bond acceptors (Lipinski definition) is 3. The predicted octanol–water partition coefficient (Wildman–Crippen LogP) is 0.296.